The van der Waals surface area contributed by atoms with E-state index in [4.69, 9.17) is 14.2 Å². The fourth-order valence-corrected chi connectivity index (χ4v) is 3.31. The van der Waals surface area contributed by atoms with Gasteiger partial charge in [-0.25, -0.2) is 0 Å². The summed E-state index contributed by atoms with van der Waals surface area (Å²) in [5, 5.41) is 0. The lowest BCUT2D eigenvalue weighted by molar-refractivity contribution is -0.139. The number of anilines is 1. The molecule has 1 fully saturated rings. The SMILES string of the molecule is Cc1cccc(C)c1OC(=O)[C@@H]1CC(=O)N(c2ccc3c(c2)OCO3)C1. The Labute approximate surface area is 151 Å². The predicted molar refractivity (Wildman–Crippen MR) is 94.6 cm³/mol. The molecule has 2 heterocycles. The first kappa shape index (κ1) is 16.4. The number of esters is 1. The third-order valence-corrected chi connectivity index (χ3v) is 4.74. The Kier molecular flexibility index (Phi) is 4.03. The van der Waals surface area contributed by atoms with Gasteiger partial charge in [0, 0.05) is 24.7 Å². The third kappa shape index (κ3) is 2.87. The standard InChI is InChI=1S/C20H19NO5/c1-12-4-3-5-13(2)19(12)26-20(23)14-8-18(22)21(10-14)15-6-7-16-17(9-15)25-11-24-16/h3-7,9,14H,8,10-11H2,1-2H3/t14-/m1/s1. The highest BCUT2D eigenvalue weighted by Gasteiger charge is 2.37. The van der Waals surface area contributed by atoms with E-state index in [1.807, 2.05) is 32.0 Å². The van der Waals surface area contributed by atoms with E-state index in [-0.39, 0.29) is 25.1 Å². The van der Waals surface area contributed by atoms with Gasteiger partial charge in [-0.15, -0.1) is 0 Å². The molecule has 2 aliphatic rings. The molecule has 4 rings (SSSR count). The first-order chi connectivity index (χ1) is 12.5. The van der Waals surface area contributed by atoms with Crippen LogP contribution in [-0.4, -0.2) is 25.2 Å². The molecule has 0 bridgehead atoms. The average molecular weight is 353 g/mol. The number of carbonyl (C=O) groups is 2. The van der Waals surface area contributed by atoms with Crippen molar-refractivity contribution < 1.29 is 23.8 Å². The van der Waals surface area contributed by atoms with Crippen LogP contribution in [0, 0.1) is 19.8 Å². The molecule has 2 aliphatic heterocycles. The molecule has 0 radical (unpaired) electrons. The van der Waals surface area contributed by atoms with Gasteiger partial charge in [-0.2, -0.15) is 0 Å². The van der Waals surface area contributed by atoms with Gasteiger partial charge in [0.1, 0.15) is 5.75 Å². The number of benzene rings is 2. The molecule has 6 nitrogen and oxygen atoms in total. The molecule has 0 N–H and O–H groups in total. The largest absolute Gasteiger partial charge is 0.454 e. The summed E-state index contributed by atoms with van der Waals surface area (Å²) in [5.74, 6) is 0.868. The van der Waals surface area contributed by atoms with Crippen LogP contribution in [0.5, 0.6) is 17.2 Å². The zero-order chi connectivity index (χ0) is 18.3. The number of aryl methyl sites for hydroxylation is 2. The number of nitrogens with zero attached hydrogens (tertiary/aromatic N) is 1. The van der Waals surface area contributed by atoms with Crippen LogP contribution in [0.15, 0.2) is 36.4 Å². The van der Waals surface area contributed by atoms with Gasteiger partial charge in [0.2, 0.25) is 12.7 Å². The maximum Gasteiger partial charge on any atom is 0.316 e. The summed E-state index contributed by atoms with van der Waals surface area (Å²) >= 11 is 0. The Bertz CT molecular complexity index is 872. The van der Waals surface area contributed by atoms with E-state index in [0.717, 1.165) is 11.1 Å². The van der Waals surface area contributed by atoms with Gasteiger partial charge in [-0.1, -0.05) is 18.2 Å². The summed E-state index contributed by atoms with van der Waals surface area (Å²) in [7, 11) is 0. The van der Waals surface area contributed by atoms with Crippen molar-refractivity contribution in [2.75, 3.05) is 18.2 Å². The second-order valence-electron chi connectivity index (χ2n) is 6.58. The van der Waals surface area contributed by atoms with Crippen molar-refractivity contribution in [3.63, 3.8) is 0 Å². The maximum atomic E-state index is 12.6. The summed E-state index contributed by atoms with van der Waals surface area (Å²) in [6, 6.07) is 11.0. The summed E-state index contributed by atoms with van der Waals surface area (Å²) in [4.78, 5) is 26.6. The normalized spacial score (nSPS) is 18.3. The van der Waals surface area contributed by atoms with E-state index in [9.17, 15) is 9.59 Å². The van der Waals surface area contributed by atoms with E-state index in [2.05, 4.69) is 0 Å². The van der Waals surface area contributed by atoms with Crippen LogP contribution in [-0.2, 0) is 9.59 Å². The van der Waals surface area contributed by atoms with Crippen LogP contribution in [0.2, 0.25) is 0 Å². The molecule has 134 valence electrons. The molecule has 0 unspecified atom stereocenters. The molecule has 1 saturated heterocycles. The number of amides is 1. The third-order valence-electron chi connectivity index (χ3n) is 4.74. The Hall–Kier alpha value is -3.02. The number of ether oxygens (including phenoxy) is 3. The van der Waals surface area contributed by atoms with Crippen molar-refractivity contribution in [2.45, 2.75) is 20.3 Å². The van der Waals surface area contributed by atoms with Crippen molar-refractivity contribution in [3.8, 4) is 17.2 Å². The molecule has 1 atom stereocenters. The smallest absolute Gasteiger partial charge is 0.316 e. The average Bonchev–Trinajstić information content (AvgIpc) is 3.23. The minimum absolute atomic E-state index is 0.104. The topological polar surface area (TPSA) is 65.1 Å². The van der Waals surface area contributed by atoms with Crippen LogP contribution < -0.4 is 19.1 Å². The number of carbonyl (C=O) groups excluding carboxylic acids is 2. The van der Waals surface area contributed by atoms with Gasteiger partial charge in [0.05, 0.1) is 5.92 Å². The van der Waals surface area contributed by atoms with Crippen LogP contribution >= 0.6 is 0 Å². The Morgan fingerprint density at radius 2 is 1.85 bits per heavy atom. The lowest BCUT2D eigenvalue weighted by Crippen LogP contribution is -2.27. The van der Waals surface area contributed by atoms with Gasteiger partial charge in [-0.05, 0) is 37.1 Å². The van der Waals surface area contributed by atoms with Crippen LogP contribution in [0.3, 0.4) is 0 Å². The molecule has 0 saturated carbocycles. The maximum absolute atomic E-state index is 12.6. The minimum atomic E-state index is -0.494. The van der Waals surface area contributed by atoms with E-state index >= 15 is 0 Å². The summed E-state index contributed by atoms with van der Waals surface area (Å²) in [5.41, 5.74) is 2.49. The molecule has 6 heteroatoms. The highest BCUT2D eigenvalue weighted by Crippen LogP contribution is 2.37. The molecule has 2 aromatic rings. The monoisotopic (exact) mass is 353 g/mol. The Morgan fingerprint density at radius 3 is 2.62 bits per heavy atom. The zero-order valence-corrected chi connectivity index (χ0v) is 14.7. The van der Waals surface area contributed by atoms with E-state index in [1.165, 1.54) is 0 Å². The summed E-state index contributed by atoms with van der Waals surface area (Å²) in [6.07, 6.45) is 0.137. The van der Waals surface area contributed by atoms with Crippen molar-refractivity contribution in [1.29, 1.82) is 0 Å². The van der Waals surface area contributed by atoms with Gasteiger partial charge in [-0.3, -0.25) is 9.59 Å². The Balaban J connectivity index is 1.50. The first-order valence-corrected chi connectivity index (χ1v) is 8.51. The molecule has 0 aromatic heterocycles. The lowest BCUT2D eigenvalue weighted by Gasteiger charge is -2.17. The van der Waals surface area contributed by atoms with Gasteiger partial charge in [0.15, 0.2) is 11.5 Å². The molecular weight excluding hydrogens is 334 g/mol. The van der Waals surface area contributed by atoms with Crippen molar-refractivity contribution in [3.05, 3.63) is 47.5 Å². The zero-order valence-electron chi connectivity index (χ0n) is 14.7. The van der Waals surface area contributed by atoms with Crippen molar-refractivity contribution in [1.82, 2.24) is 0 Å². The molecule has 0 spiro atoms. The summed E-state index contributed by atoms with van der Waals surface area (Å²) < 4.78 is 16.3. The van der Waals surface area contributed by atoms with Gasteiger partial charge >= 0.3 is 5.97 Å². The van der Waals surface area contributed by atoms with Crippen molar-refractivity contribution >= 4 is 17.6 Å². The second-order valence-corrected chi connectivity index (χ2v) is 6.58. The summed E-state index contributed by atoms with van der Waals surface area (Å²) in [6.45, 7) is 4.27. The molecular formula is C20H19NO5. The number of hydrogen-bond acceptors (Lipinski definition) is 5. The fourth-order valence-electron chi connectivity index (χ4n) is 3.31. The van der Waals surface area contributed by atoms with Crippen molar-refractivity contribution in [2.24, 2.45) is 5.92 Å². The van der Waals surface area contributed by atoms with Crippen LogP contribution in [0.25, 0.3) is 0 Å². The molecule has 2 aromatic carbocycles. The number of hydrogen-bond donors (Lipinski definition) is 0. The predicted octanol–water partition coefficient (Wildman–Crippen LogP) is 2.99. The van der Waals surface area contributed by atoms with Crippen LogP contribution in [0.1, 0.15) is 17.5 Å². The number of rotatable bonds is 3. The van der Waals surface area contributed by atoms with Gasteiger partial charge in [0.25, 0.3) is 0 Å². The highest BCUT2D eigenvalue weighted by molar-refractivity contribution is 6.00. The first-order valence-electron chi connectivity index (χ1n) is 8.51. The van der Waals surface area contributed by atoms with Crippen LogP contribution in [0.4, 0.5) is 5.69 Å². The molecule has 26 heavy (non-hydrogen) atoms. The lowest BCUT2D eigenvalue weighted by atomic mass is 10.1. The van der Waals surface area contributed by atoms with E-state index in [1.54, 1.807) is 23.1 Å². The minimum Gasteiger partial charge on any atom is -0.454 e. The molecule has 0 aliphatic carbocycles. The second kappa shape index (κ2) is 6.37. The quantitative estimate of drug-likeness (QED) is 0.627. The van der Waals surface area contributed by atoms with E-state index in [0.29, 0.717) is 29.5 Å². The molecule has 1 amide bonds. The van der Waals surface area contributed by atoms with Gasteiger partial charge < -0.3 is 19.1 Å². The van der Waals surface area contributed by atoms with E-state index < -0.39 is 5.92 Å². The fraction of sp³-hybridized carbons (Fsp3) is 0.300. The number of fused-ring (bicyclic) bond motifs is 1. The Morgan fingerprint density at radius 1 is 1.12 bits per heavy atom. The highest BCUT2D eigenvalue weighted by atomic mass is 16.7. The number of para-hydroxylation sites is 1.